The van der Waals surface area contributed by atoms with E-state index in [0.717, 1.165) is 17.5 Å². The Bertz CT molecular complexity index is 970. The van der Waals surface area contributed by atoms with Gasteiger partial charge in [0.25, 0.3) is 11.1 Å². The zero-order chi connectivity index (χ0) is 21.5. The van der Waals surface area contributed by atoms with E-state index in [1.54, 1.807) is 7.11 Å². The largest absolute Gasteiger partial charge is 0.496 e. The van der Waals surface area contributed by atoms with E-state index in [4.69, 9.17) is 9.15 Å². The molecule has 0 spiro atoms. The highest BCUT2D eigenvalue weighted by atomic mass is 32.2. The summed E-state index contributed by atoms with van der Waals surface area (Å²) >= 11 is 1.21. The molecule has 0 fully saturated rings. The van der Waals surface area contributed by atoms with Crippen LogP contribution in [0.1, 0.15) is 37.9 Å². The molecule has 2 aromatic carbocycles. The summed E-state index contributed by atoms with van der Waals surface area (Å²) in [6, 6.07) is 15.8. The van der Waals surface area contributed by atoms with E-state index in [2.05, 4.69) is 53.6 Å². The number of nitrogens with zero attached hydrogens (tertiary/aromatic N) is 2. The summed E-state index contributed by atoms with van der Waals surface area (Å²) in [6.45, 7) is 6.39. The number of hydrogen-bond donors (Lipinski definition) is 1. The fourth-order valence-corrected chi connectivity index (χ4v) is 3.68. The van der Waals surface area contributed by atoms with Crippen molar-refractivity contribution in [3.05, 3.63) is 59.7 Å². The van der Waals surface area contributed by atoms with Gasteiger partial charge < -0.3 is 14.5 Å². The van der Waals surface area contributed by atoms with Crippen LogP contribution in [0.5, 0.6) is 5.75 Å². The second-order valence-electron chi connectivity index (χ2n) is 7.49. The lowest BCUT2D eigenvalue weighted by molar-refractivity contribution is -0.119. The van der Waals surface area contributed by atoms with Crippen molar-refractivity contribution in [2.75, 3.05) is 12.9 Å². The minimum Gasteiger partial charge on any atom is -0.496 e. The van der Waals surface area contributed by atoms with Crippen molar-refractivity contribution in [3.8, 4) is 17.2 Å². The van der Waals surface area contributed by atoms with Gasteiger partial charge in [0.15, 0.2) is 0 Å². The number of carbonyl (C=O) groups excluding carboxylic acids is 1. The third kappa shape index (κ3) is 5.86. The second kappa shape index (κ2) is 10.3. The first-order chi connectivity index (χ1) is 14.5. The molecule has 0 aliphatic carbocycles. The van der Waals surface area contributed by atoms with E-state index in [-0.39, 0.29) is 17.7 Å². The average Bonchev–Trinajstić information content (AvgIpc) is 3.21. The maximum atomic E-state index is 12.3. The second-order valence-corrected chi connectivity index (χ2v) is 8.42. The molecule has 30 heavy (non-hydrogen) atoms. The summed E-state index contributed by atoms with van der Waals surface area (Å²) in [7, 11) is 1.59. The molecule has 1 heterocycles. The van der Waals surface area contributed by atoms with Crippen LogP contribution in [-0.2, 0) is 11.2 Å². The molecule has 1 aromatic heterocycles. The van der Waals surface area contributed by atoms with Crippen LogP contribution < -0.4 is 10.1 Å². The highest BCUT2D eigenvalue weighted by Crippen LogP contribution is 2.30. The number of amides is 1. The number of methoxy groups -OCH3 is 1. The molecular weight excluding hydrogens is 398 g/mol. The van der Waals surface area contributed by atoms with Crippen molar-refractivity contribution in [2.45, 2.75) is 38.5 Å². The summed E-state index contributed by atoms with van der Waals surface area (Å²) in [5.41, 5.74) is 3.11. The number of rotatable bonds is 9. The SMILES string of the molecule is COc1ccccc1-c1nnc(SCC(=O)NC(C)c2ccc(CC(C)C)cc2)o1. The predicted molar refractivity (Wildman–Crippen MR) is 119 cm³/mol. The van der Waals surface area contributed by atoms with E-state index in [1.165, 1.54) is 17.3 Å². The maximum absolute atomic E-state index is 12.3. The Kier molecular flexibility index (Phi) is 7.52. The fraction of sp³-hybridized carbons (Fsp3) is 0.348. The molecule has 0 bridgehead atoms. The quantitative estimate of drug-likeness (QED) is 0.491. The van der Waals surface area contributed by atoms with E-state index >= 15 is 0 Å². The Morgan fingerprint density at radius 1 is 1.10 bits per heavy atom. The Morgan fingerprint density at radius 2 is 1.83 bits per heavy atom. The molecule has 158 valence electrons. The molecule has 7 heteroatoms. The van der Waals surface area contributed by atoms with Gasteiger partial charge in [-0.3, -0.25) is 4.79 Å². The fourth-order valence-electron chi connectivity index (χ4n) is 3.11. The van der Waals surface area contributed by atoms with Crippen LogP contribution in [0.2, 0.25) is 0 Å². The third-order valence-corrected chi connectivity index (χ3v) is 5.39. The van der Waals surface area contributed by atoms with Gasteiger partial charge in [-0.2, -0.15) is 0 Å². The van der Waals surface area contributed by atoms with Gasteiger partial charge in [0.1, 0.15) is 5.75 Å². The lowest BCUT2D eigenvalue weighted by Crippen LogP contribution is -2.28. The first kappa shape index (κ1) is 21.9. The Hall–Kier alpha value is -2.80. The van der Waals surface area contributed by atoms with Gasteiger partial charge in [0.05, 0.1) is 24.5 Å². The topological polar surface area (TPSA) is 77.2 Å². The molecule has 0 saturated carbocycles. The monoisotopic (exact) mass is 425 g/mol. The molecule has 1 amide bonds. The van der Waals surface area contributed by atoms with Crippen LogP contribution in [0.25, 0.3) is 11.5 Å². The Labute approximate surface area is 181 Å². The molecule has 0 radical (unpaired) electrons. The summed E-state index contributed by atoms with van der Waals surface area (Å²) in [4.78, 5) is 12.3. The number of hydrogen-bond acceptors (Lipinski definition) is 6. The smallest absolute Gasteiger partial charge is 0.277 e. The minimum absolute atomic E-state index is 0.0713. The molecule has 0 aliphatic heterocycles. The first-order valence-corrected chi connectivity index (χ1v) is 10.9. The van der Waals surface area contributed by atoms with Gasteiger partial charge in [-0.25, -0.2) is 0 Å². The van der Waals surface area contributed by atoms with Crippen LogP contribution >= 0.6 is 11.8 Å². The van der Waals surface area contributed by atoms with Crippen molar-refractivity contribution in [2.24, 2.45) is 5.92 Å². The lowest BCUT2D eigenvalue weighted by Gasteiger charge is -2.15. The van der Waals surface area contributed by atoms with Crippen LogP contribution in [0, 0.1) is 5.92 Å². The van der Waals surface area contributed by atoms with Crippen molar-refractivity contribution >= 4 is 17.7 Å². The van der Waals surface area contributed by atoms with Gasteiger partial charge >= 0.3 is 0 Å². The molecule has 1 atom stereocenters. The standard InChI is InChI=1S/C23H27N3O3S/c1-15(2)13-17-9-11-18(12-10-17)16(3)24-21(27)14-30-23-26-25-22(29-23)19-7-5-6-8-20(19)28-4/h5-12,15-16H,13-14H2,1-4H3,(H,24,27). The van der Waals surface area contributed by atoms with Gasteiger partial charge in [-0.1, -0.05) is 62.0 Å². The van der Waals surface area contributed by atoms with Crippen molar-refractivity contribution in [3.63, 3.8) is 0 Å². The molecule has 1 N–H and O–H groups in total. The maximum Gasteiger partial charge on any atom is 0.277 e. The summed E-state index contributed by atoms with van der Waals surface area (Å²) in [6.07, 6.45) is 1.05. The van der Waals surface area contributed by atoms with E-state index < -0.39 is 0 Å². The highest BCUT2D eigenvalue weighted by molar-refractivity contribution is 7.99. The molecular formula is C23H27N3O3S. The van der Waals surface area contributed by atoms with Gasteiger partial charge in [-0.15, -0.1) is 10.2 Å². The summed E-state index contributed by atoms with van der Waals surface area (Å²) < 4.78 is 11.0. The van der Waals surface area contributed by atoms with Gasteiger partial charge in [0.2, 0.25) is 5.91 Å². The number of carbonyl (C=O) groups is 1. The number of thioether (sulfide) groups is 1. The number of para-hydroxylation sites is 1. The van der Waals surface area contributed by atoms with E-state index in [1.807, 2.05) is 31.2 Å². The zero-order valence-electron chi connectivity index (χ0n) is 17.7. The van der Waals surface area contributed by atoms with Crippen molar-refractivity contribution < 1.29 is 13.9 Å². The molecule has 1 unspecified atom stereocenters. The third-order valence-electron chi connectivity index (χ3n) is 4.57. The molecule has 6 nitrogen and oxygen atoms in total. The number of benzene rings is 2. The van der Waals surface area contributed by atoms with Crippen LogP contribution in [-0.4, -0.2) is 29.0 Å². The first-order valence-electron chi connectivity index (χ1n) is 9.94. The number of nitrogens with one attached hydrogen (secondary N) is 1. The molecule has 3 aromatic rings. The van der Waals surface area contributed by atoms with Crippen molar-refractivity contribution in [1.82, 2.24) is 15.5 Å². The van der Waals surface area contributed by atoms with E-state index in [9.17, 15) is 4.79 Å². The molecule has 0 saturated heterocycles. The summed E-state index contributed by atoms with van der Waals surface area (Å²) in [5.74, 6) is 1.76. The van der Waals surface area contributed by atoms with Gasteiger partial charge in [0, 0.05) is 0 Å². The normalized spacial score (nSPS) is 12.0. The average molecular weight is 426 g/mol. The Balaban J connectivity index is 1.53. The van der Waals surface area contributed by atoms with Crippen LogP contribution in [0.3, 0.4) is 0 Å². The minimum atomic E-state index is -0.0872. The summed E-state index contributed by atoms with van der Waals surface area (Å²) in [5, 5.41) is 11.4. The molecule has 3 rings (SSSR count). The van der Waals surface area contributed by atoms with E-state index in [0.29, 0.717) is 22.8 Å². The number of ether oxygens (including phenoxy) is 1. The lowest BCUT2D eigenvalue weighted by atomic mass is 10.00. The van der Waals surface area contributed by atoms with Crippen LogP contribution in [0.4, 0.5) is 0 Å². The Morgan fingerprint density at radius 3 is 2.53 bits per heavy atom. The number of aromatic nitrogens is 2. The zero-order valence-corrected chi connectivity index (χ0v) is 18.5. The molecule has 0 aliphatic rings. The predicted octanol–water partition coefficient (Wildman–Crippen LogP) is 4.91. The highest BCUT2D eigenvalue weighted by Gasteiger charge is 2.15. The van der Waals surface area contributed by atoms with Crippen LogP contribution in [0.15, 0.2) is 58.2 Å². The van der Waals surface area contributed by atoms with Gasteiger partial charge in [-0.05, 0) is 42.5 Å². The van der Waals surface area contributed by atoms with Crippen molar-refractivity contribution in [1.29, 1.82) is 0 Å².